The minimum atomic E-state index is -3.69. The fourth-order valence-electron chi connectivity index (χ4n) is 3.90. The Bertz CT molecular complexity index is 1290. The van der Waals surface area contributed by atoms with Gasteiger partial charge < -0.3 is 9.47 Å². The fourth-order valence-corrected chi connectivity index (χ4v) is 4.93. The lowest BCUT2D eigenvalue weighted by Crippen LogP contribution is -2.26. The van der Waals surface area contributed by atoms with Gasteiger partial charge >= 0.3 is 0 Å². The Labute approximate surface area is 194 Å². The van der Waals surface area contributed by atoms with Crippen molar-refractivity contribution >= 4 is 10.0 Å². The van der Waals surface area contributed by atoms with Crippen molar-refractivity contribution in [3.05, 3.63) is 69.6 Å². The van der Waals surface area contributed by atoms with Crippen LogP contribution in [0.15, 0.2) is 52.2 Å². The molecule has 3 aromatic rings. The van der Waals surface area contributed by atoms with Crippen LogP contribution in [0, 0.1) is 6.92 Å². The molecule has 0 aliphatic rings. The molecule has 1 heterocycles. The van der Waals surface area contributed by atoms with Crippen LogP contribution in [-0.4, -0.2) is 38.5 Å². The minimum absolute atomic E-state index is 0.0892. The van der Waals surface area contributed by atoms with Crippen molar-refractivity contribution in [1.82, 2.24) is 14.1 Å². The number of hydrogen-bond donors (Lipinski definition) is 1. The van der Waals surface area contributed by atoms with Crippen LogP contribution in [0.1, 0.15) is 36.6 Å². The molecule has 0 bridgehead atoms. The second-order valence-electron chi connectivity index (χ2n) is 8.13. The molecule has 2 aromatic carbocycles. The van der Waals surface area contributed by atoms with Gasteiger partial charge in [0.25, 0.3) is 5.56 Å². The number of rotatable bonds is 9. The first kappa shape index (κ1) is 24.6. The highest BCUT2D eigenvalue weighted by molar-refractivity contribution is 7.89. The van der Waals surface area contributed by atoms with Gasteiger partial charge in [0, 0.05) is 24.8 Å². The topological polar surface area (TPSA) is 91.6 Å². The lowest BCUT2D eigenvalue weighted by atomic mass is 10.0. The van der Waals surface area contributed by atoms with Crippen molar-refractivity contribution in [2.45, 2.75) is 38.0 Å². The number of ether oxygens (including phenoxy) is 2. The van der Waals surface area contributed by atoms with E-state index in [0.717, 1.165) is 16.8 Å². The molecule has 0 atom stereocenters. The zero-order chi connectivity index (χ0) is 24.3. The van der Waals surface area contributed by atoms with Gasteiger partial charge in [0.15, 0.2) is 11.5 Å². The quantitative estimate of drug-likeness (QED) is 0.516. The van der Waals surface area contributed by atoms with Gasteiger partial charge in [0.05, 0.1) is 24.8 Å². The molecule has 33 heavy (non-hydrogen) atoms. The van der Waals surface area contributed by atoms with E-state index < -0.39 is 10.0 Å². The maximum absolute atomic E-state index is 12.9. The van der Waals surface area contributed by atoms with Gasteiger partial charge in [-0.1, -0.05) is 19.9 Å². The molecule has 3 rings (SSSR count). The zero-order valence-electron chi connectivity index (χ0n) is 19.9. The van der Waals surface area contributed by atoms with Gasteiger partial charge in [-0.25, -0.2) is 17.8 Å². The molecule has 0 aliphatic heterocycles. The van der Waals surface area contributed by atoms with Gasteiger partial charge in [-0.3, -0.25) is 9.48 Å². The molecule has 9 heteroatoms. The zero-order valence-corrected chi connectivity index (χ0v) is 20.7. The summed E-state index contributed by atoms with van der Waals surface area (Å²) in [6.07, 6.45) is 0.494. The molecule has 178 valence electrons. The molecule has 0 aliphatic carbocycles. The van der Waals surface area contributed by atoms with Crippen LogP contribution >= 0.6 is 0 Å². The predicted octanol–water partition coefficient (Wildman–Crippen LogP) is 3.15. The van der Waals surface area contributed by atoms with Crippen molar-refractivity contribution < 1.29 is 17.9 Å². The second kappa shape index (κ2) is 9.84. The van der Waals surface area contributed by atoms with Crippen molar-refractivity contribution in [1.29, 1.82) is 0 Å². The van der Waals surface area contributed by atoms with Gasteiger partial charge in [-0.15, -0.1) is 0 Å². The maximum atomic E-state index is 12.9. The van der Waals surface area contributed by atoms with E-state index in [-0.39, 0.29) is 22.9 Å². The third-order valence-electron chi connectivity index (χ3n) is 5.72. The van der Waals surface area contributed by atoms with Crippen LogP contribution in [0.5, 0.6) is 11.5 Å². The Hall–Kier alpha value is -3.04. The summed E-state index contributed by atoms with van der Waals surface area (Å²) in [5, 5.41) is 0. The molecular weight excluding hydrogens is 442 g/mol. The van der Waals surface area contributed by atoms with Gasteiger partial charge in [0.2, 0.25) is 10.0 Å². The number of hydrogen-bond acceptors (Lipinski definition) is 5. The van der Waals surface area contributed by atoms with Crippen LogP contribution in [0.4, 0.5) is 0 Å². The van der Waals surface area contributed by atoms with Crippen molar-refractivity contribution in [2.75, 3.05) is 20.8 Å². The normalized spacial score (nSPS) is 11.7. The number of benzene rings is 2. The highest BCUT2D eigenvalue weighted by atomic mass is 32.2. The van der Waals surface area contributed by atoms with E-state index in [1.807, 2.05) is 40.0 Å². The van der Waals surface area contributed by atoms with Gasteiger partial charge in [-0.2, -0.15) is 0 Å². The summed E-state index contributed by atoms with van der Waals surface area (Å²) in [5.74, 6) is 1.31. The van der Waals surface area contributed by atoms with E-state index in [9.17, 15) is 13.2 Å². The molecule has 8 nitrogen and oxygen atoms in total. The van der Waals surface area contributed by atoms with E-state index >= 15 is 0 Å². The number of nitrogens with one attached hydrogen (secondary N) is 1. The number of methoxy groups -OCH3 is 2. The van der Waals surface area contributed by atoms with E-state index in [2.05, 4.69) is 4.72 Å². The number of sulfonamides is 1. The van der Waals surface area contributed by atoms with E-state index in [0.29, 0.717) is 23.6 Å². The molecule has 0 radical (unpaired) electrons. The lowest BCUT2D eigenvalue weighted by molar-refractivity contribution is 0.354. The number of nitrogens with zero attached hydrogens (tertiary/aromatic N) is 2. The van der Waals surface area contributed by atoms with Crippen molar-refractivity contribution in [3.8, 4) is 17.2 Å². The highest BCUT2D eigenvalue weighted by Crippen LogP contribution is 2.27. The maximum Gasteiger partial charge on any atom is 0.275 e. The van der Waals surface area contributed by atoms with Crippen LogP contribution in [0.3, 0.4) is 0 Å². The molecule has 0 fully saturated rings. The molecule has 0 saturated carbocycles. The summed E-state index contributed by atoms with van der Waals surface area (Å²) in [4.78, 5) is 13.0. The summed E-state index contributed by atoms with van der Waals surface area (Å²) < 4.78 is 42.0. The molecule has 1 aromatic heterocycles. The SMILES string of the molecule is COc1ccc(CCNS(=O)(=O)c2ccc(-n3c(=O)c(C(C)C)c(C)n3C)cc2)cc1OC. The molecule has 0 amide bonds. The monoisotopic (exact) mass is 473 g/mol. The van der Waals surface area contributed by atoms with E-state index in [1.54, 1.807) is 41.8 Å². The van der Waals surface area contributed by atoms with Crippen LogP contribution in [0.25, 0.3) is 5.69 Å². The van der Waals surface area contributed by atoms with Gasteiger partial charge in [0.1, 0.15) is 0 Å². The first-order valence-electron chi connectivity index (χ1n) is 10.7. The van der Waals surface area contributed by atoms with Crippen LogP contribution < -0.4 is 19.8 Å². The highest BCUT2D eigenvalue weighted by Gasteiger charge is 2.19. The summed E-state index contributed by atoms with van der Waals surface area (Å²) in [6, 6.07) is 11.8. The van der Waals surface area contributed by atoms with Crippen LogP contribution in [-0.2, 0) is 23.5 Å². The number of aromatic nitrogens is 2. The third kappa shape index (κ3) is 4.99. The predicted molar refractivity (Wildman–Crippen MR) is 128 cm³/mol. The largest absolute Gasteiger partial charge is 0.493 e. The first-order valence-corrected chi connectivity index (χ1v) is 12.2. The Balaban J connectivity index is 1.75. The van der Waals surface area contributed by atoms with E-state index in [1.165, 1.54) is 12.1 Å². The molecular formula is C24H31N3O5S. The van der Waals surface area contributed by atoms with E-state index in [4.69, 9.17) is 9.47 Å². The lowest BCUT2D eigenvalue weighted by Gasteiger charge is -2.11. The fraction of sp³-hybridized carbons (Fsp3) is 0.375. The summed E-state index contributed by atoms with van der Waals surface area (Å²) in [6.45, 7) is 6.11. The first-order chi connectivity index (χ1) is 15.6. The Morgan fingerprint density at radius 1 is 1.00 bits per heavy atom. The average molecular weight is 474 g/mol. The molecule has 0 spiro atoms. The standard InChI is InChI=1S/C24H31N3O5S/c1-16(2)23-17(3)26(4)27(24(23)28)19-8-10-20(11-9-19)33(29,30)25-14-13-18-7-12-21(31-5)22(15-18)32-6/h7-12,15-16,25H,13-14H2,1-6H3. The summed E-state index contributed by atoms with van der Waals surface area (Å²) >= 11 is 0. The van der Waals surface area contributed by atoms with Crippen LogP contribution in [0.2, 0.25) is 0 Å². The van der Waals surface area contributed by atoms with Gasteiger partial charge in [-0.05, 0) is 61.2 Å². The summed E-state index contributed by atoms with van der Waals surface area (Å²) in [5.41, 5.74) is 3.09. The minimum Gasteiger partial charge on any atom is -0.493 e. The van der Waals surface area contributed by atoms with Crippen molar-refractivity contribution in [3.63, 3.8) is 0 Å². The second-order valence-corrected chi connectivity index (χ2v) is 9.89. The average Bonchev–Trinajstić information content (AvgIpc) is 3.01. The molecule has 0 saturated heterocycles. The molecule has 0 unspecified atom stereocenters. The summed E-state index contributed by atoms with van der Waals surface area (Å²) in [7, 11) is 1.25. The Kier molecular flexibility index (Phi) is 7.34. The van der Waals surface area contributed by atoms with Crippen molar-refractivity contribution in [2.24, 2.45) is 7.05 Å². The molecule has 1 N–H and O–H groups in total. The third-order valence-corrected chi connectivity index (χ3v) is 7.20. The Morgan fingerprint density at radius 3 is 2.18 bits per heavy atom. The smallest absolute Gasteiger partial charge is 0.275 e. The Morgan fingerprint density at radius 2 is 1.64 bits per heavy atom.